The number of ketones is 1. The highest BCUT2D eigenvalue weighted by atomic mass is 32.1. The summed E-state index contributed by atoms with van der Waals surface area (Å²) in [4.78, 5) is 21.0. The average molecular weight is 296 g/mol. The second kappa shape index (κ2) is 5.09. The van der Waals surface area contributed by atoms with E-state index in [1.54, 1.807) is 0 Å². The van der Waals surface area contributed by atoms with Gasteiger partial charge in [-0.15, -0.1) is 11.3 Å². The second-order valence-corrected chi connectivity index (χ2v) is 7.03. The average Bonchev–Trinajstić information content (AvgIpc) is 2.80. The van der Waals surface area contributed by atoms with Gasteiger partial charge in [-0.25, -0.2) is 9.97 Å². The van der Waals surface area contributed by atoms with Crippen LogP contribution in [0.5, 0.6) is 0 Å². The van der Waals surface area contributed by atoms with Crippen LogP contribution in [0.25, 0.3) is 0 Å². The van der Waals surface area contributed by atoms with Gasteiger partial charge in [0.05, 0.1) is 5.69 Å². The first kappa shape index (κ1) is 14.0. The van der Waals surface area contributed by atoms with Gasteiger partial charge >= 0.3 is 0 Å². The van der Waals surface area contributed by atoms with Crippen LogP contribution in [-0.4, -0.2) is 15.8 Å². The quantitative estimate of drug-likeness (QED) is 0.700. The molecule has 0 spiro atoms. The molecule has 0 unspecified atom stereocenters. The fraction of sp³-hybridized carbons (Fsp3) is 0.353. The highest BCUT2D eigenvalue weighted by molar-refractivity contribution is 7.10. The largest absolute Gasteiger partial charge is 0.294 e. The number of carbonyl (C=O) groups excluding carboxylic acids is 1. The zero-order chi connectivity index (χ0) is 15.0. The zero-order valence-electron chi connectivity index (χ0n) is 12.4. The number of aromatic nitrogens is 2. The molecular formula is C17H16N2OS. The van der Waals surface area contributed by atoms with E-state index in [4.69, 9.17) is 0 Å². The Morgan fingerprint density at radius 1 is 1.19 bits per heavy atom. The van der Waals surface area contributed by atoms with Gasteiger partial charge in [0.15, 0.2) is 10.8 Å². The van der Waals surface area contributed by atoms with Crippen LogP contribution in [0.15, 0.2) is 17.5 Å². The van der Waals surface area contributed by atoms with Crippen LogP contribution < -0.4 is 0 Å². The number of aryl methyl sites for hydroxylation is 1. The molecule has 106 valence electrons. The number of pyridine rings is 1. The van der Waals surface area contributed by atoms with E-state index in [0.717, 1.165) is 28.4 Å². The van der Waals surface area contributed by atoms with Crippen molar-refractivity contribution < 1.29 is 4.79 Å². The molecule has 1 aliphatic carbocycles. The van der Waals surface area contributed by atoms with Crippen LogP contribution in [0.4, 0.5) is 0 Å². The molecule has 0 amide bonds. The van der Waals surface area contributed by atoms with Gasteiger partial charge in [-0.05, 0) is 42.7 Å². The molecule has 4 heteroatoms. The van der Waals surface area contributed by atoms with Gasteiger partial charge in [0, 0.05) is 23.1 Å². The summed E-state index contributed by atoms with van der Waals surface area (Å²) in [6, 6.07) is 3.68. The molecule has 1 aliphatic rings. The monoisotopic (exact) mass is 296 g/mol. The van der Waals surface area contributed by atoms with Crippen LogP contribution >= 0.6 is 11.3 Å². The standard InChI is InChI=1S/C17H16N2OS/c1-11-10-21-16(18-11)7-5-12-4-6-13-14(19-12)8-17(2,3)9-15(13)20/h4,6,10H,8-9H2,1-3H3. The number of hydrogen-bond acceptors (Lipinski definition) is 4. The first-order chi connectivity index (χ1) is 9.93. The van der Waals surface area contributed by atoms with E-state index in [2.05, 4.69) is 35.7 Å². The maximum Gasteiger partial charge on any atom is 0.167 e. The first-order valence-electron chi connectivity index (χ1n) is 6.90. The Balaban J connectivity index is 1.93. The Labute approximate surface area is 128 Å². The molecule has 2 aromatic rings. The Kier molecular flexibility index (Phi) is 3.38. The van der Waals surface area contributed by atoms with Crippen molar-refractivity contribution in [3.63, 3.8) is 0 Å². The van der Waals surface area contributed by atoms with E-state index in [-0.39, 0.29) is 11.2 Å². The molecule has 0 bridgehead atoms. The number of hydrogen-bond donors (Lipinski definition) is 0. The lowest BCUT2D eigenvalue weighted by atomic mass is 9.75. The predicted octanol–water partition coefficient (Wildman–Crippen LogP) is 3.40. The Morgan fingerprint density at radius 2 is 2.00 bits per heavy atom. The third-order valence-electron chi connectivity index (χ3n) is 3.48. The number of nitrogens with zero attached hydrogens (tertiary/aromatic N) is 2. The summed E-state index contributed by atoms with van der Waals surface area (Å²) in [6.07, 6.45) is 1.41. The summed E-state index contributed by atoms with van der Waals surface area (Å²) in [5.74, 6) is 6.26. The van der Waals surface area contributed by atoms with Crippen molar-refractivity contribution >= 4 is 17.1 Å². The molecule has 0 saturated carbocycles. The lowest BCUT2D eigenvalue weighted by Gasteiger charge is -2.29. The normalized spacial score (nSPS) is 16.0. The second-order valence-electron chi connectivity index (χ2n) is 6.18. The number of rotatable bonds is 0. The van der Waals surface area contributed by atoms with Crippen LogP contribution in [0, 0.1) is 24.2 Å². The number of Topliss-reactive ketones (excluding diaryl/α,β-unsaturated/α-hetero) is 1. The molecule has 0 atom stereocenters. The first-order valence-corrected chi connectivity index (χ1v) is 7.78. The van der Waals surface area contributed by atoms with E-state index in [0.29, 0.717) is 12.1 Å². The Morgan fingerprint density at radius 3 is 2.71 bits per heavy atom. The molecule has 0 saturated heterocycles. The summed E-state index contributed by atoms with van der Waals surface area (Å²) in [6.45, 7) is 6.16. The molecule has 0 N–H and O–H groups in total. The van der Waals surface area contributed by atoms with Crippen molar-refractivity contribution in [2.45, 2.75) is 33.6 Å². The van der Waals surface area contributed by atoms with E-state index in [1.165, 1.54) is 11.3 Å². The summed E-state index contributed by atoms with van der Waals surface area (Å²) in [5, 5.41) is 2.77. The van der Waals surface area contributed by atoms with Crippen molar-refractivity contribution in [3.05, 3.63) is 45.2 Å². The lowest BCUT2D eigenvalue weighted by Crippen LogP contribution is -2.28. The molecule has 0 radical (unpaired) electrons. The highest BCUT2D eigenvalue weighted by Crippen LogP contribution is 2.33. The molecule has 3 nitrogen and oxygen atoms in total. The summed E-state index contributed by atoms with van der Waals surface area (Å²) in [7, 11) is 0. The molecule has 3 rings (SSSR count). The zero-order valence-corrected chi connectivity index (χ0v) is 13.2. The molecule has 2 heterocycles. The van der Waals surface area contributed by atoms with Crippen molar-refractivity contribution in [2.24, 2.45) is 5.41 Å². The van der Waals surface area contributed by atoms with Crippen molar-refractivity contribution in [2.75, 3.05) is 0 Å². The highest BCUT2D eigenvalue weighted by Gasteiger charge is 2.31. The van der Waals surface area contributed by atoms with Gasteiger partial charge in [-0.3, -0.25) is 4.79 Å². The topological polar surface area (TPSA) is 42.9 Å². The van der Waals surface area contributed by atoms with Crippen LogP contribution in [0.1, 0.15) is 52.7 Å². The molecule has 0 aromatic carbocycles. The van der Waals surface area contributed by atoms with Gasteiger partial charge in [0.2, 0.25) is 0 Å². The number of carbonyl (C=O) groups is 1. The Hall–Kier alpha value is -1.99. The fourth-order valence-electron chi connectivity index (χ4n) is 2.53. The van der Waals surface area contributed by atoms with Crippen molar-refractivity contribution in [1.29, 1.82) is 0 Å². The molecule has 21 heavy (non-hydrogen) atoms. The van der Waals surface area contributed by atoms with E-state index < -0.39 is 0 Å². The van der Waals surface area contributed by atoms with Gasteiger partial charge in [0.25, 0.3) is 0 Å². The molecule has 0 fully saturated rings. The number of fused-ring (bicyclic) bond motifs is 1. The maximum absolute atomic E-state index is 12.1. The molecule has 0 aliphatic heterocycles. The predicted molar refractivity (Wildman–Crippen MR) is 83.5 cm³/mol. The van der Waals surface area contributed by atoms with Gasteiger partial charge in [-0.1, -0.05) is 13.8 Å². The van der Waals surface area contributed by atoms with Crippen LogP contribution in [0.3, 0.4) is 0 Å². The van der Waals surface area contributed by atoms with Crippen molar-refractivity contribution in [1.82, 2.24) is 9.97 Å². The SMILES string of the molecule is Cc1csc(C#Cc2ccc3c(n2)CC(C)(C)CC3=O)n1. The smallest absolute Gasteiger partial charge is 0.167 e. The summed E-state index contributed by atoms with van der Waals surface area (Å²) >= 11 is 1.53. The summed E-state index contributed by atoms with van der Waals surface area (Å²) in [5.41, 5.74) is 3.29. The molecule has 2 aromatic heterocycles. The van der Waals surface area contributed by atoms with E-state index >= 15 is 0 Å². The minimum Gasteiger partial charge on any atom is -0.294 e. The van der Waals surface area contributed by atoms with Gasteiger partial charge in [0.1, 0.15) is 5.69 Å². The van der Waals surface area contributed by atoms with Crippen LogP contribution in [0.2, 0.25) is 0 Å². The molecular weight excluding hydrogens is 280 g/mol. The van der Waals surface area contributed by atoms with Crippen molar-refractivity contribution in [3.8, 4) is 11.8 Å². The maximum atomic E-state index is 12.1. The summed E-state index contributed by atoms with van der Waals surface area (Å²) < 4.78 is 0. The third kappa shape index (κ3) is 3.03. The number of thiazole rings is 1. The van der Waals surface area contributed by atoms with Gasteiger partial charge < -0.3 is 0 Å². The minimum absolute atomic E-state index is 0.0183. The Bertz CT molecular complexity index is 778. The van der Waals surface area contributed by atoms with E-state index in [1.807, 2.05) is 24.4 Å². The fourth-order valence-corrected chi connectivity index (χ4v) is 3.18. The lowest BCUT2D eigenvalue weighted by molar-refractivity contribution is 0.0910. The van der Waals surface area contributed by atoms with Gasteiger partial charge in [-0.2, -0.15) is 0 Å². The van der Waals surface area contributed by atoms with Crippen LogP contribution in [-0.2, 0) is 6.42 Å². The minimum atomic E-state index is -0.0183. The third-order valence-corrected chi connectivity index (χ3v) is 4.35. The van der Waals surface area contributed by atoms with E-state index in [9.17, 15) is 4.79 Å².